The third kappa shape index (κ3) is 57.0. The summed E-state index contributed by atoms with van der Waals surface area (Å²) in [5, 5.41) is 44.1. The van der Waals surface area contributed by atoms with E-state index >= 15 is 0 Å². The normalized spacial score (nSPS) is 13.8. The lowest BCUT2D eigenvalue weighted by Gasteiger charge is -2.27. The molecule has 4 atom stereocenters. The first-order chi connectivity index (χ1) is 37.5. The predicted molar refractivity (Wildman–Crippen MR) is 334 cm³/mol. The topological polar surface area (TPSA) is 110 Å². The molecule has 0 saturated heterocycles. The highest BCUT2D eigenvalue weighted by molar-refractivity contribution is 5.80. The van der Waals surface area contributed by atoms with Crippen LogP contribution in [0.1, 0.15) is 361 Å². The Morgan fingerprint density at radius 2 is 0.592 bits per heavy atom. The molecule has 0 saturated carbocycles. The molecule has 0 aromatic rings. The summed E-state index contributed by atoms with van der Waals surface area (Å²) in [6.45, 7) is 4.08. The van der Waals surface area contributed by atoms with E-state index in [0.717, 1.165) is 44.9 Å². The lowest BCUT2D eigenvalue weighted by molar-refractivity contribution is -0.132. The van der Waals surface area contributed by atoms with Crippen molar-refractivity contribution in [1.82, 2.24) is 5.32 Å². The monoisotopic (exact) mass is 1070 g/mol. The molecular weight excluding hydrogens is 935 g/mol. The van der Waals surface area contributed by atoms with Crippen molar-refractivity contribution in [2.24, 2.45) is 0 Å². The molecular formula is C70H133NO5. The fraction of sp³-hybridized carbons (Fsp3) is 0.871. The lowest BCUT2D eigenvalue weighted by atomic mass is 10.00. The molecule has 6 heteroatoms. The Balaban J connectivity index is 3.61. The summed E-state index contributed by atoms with van der Waals surface area (Å²) >= 11 is 0. The molecule has 0 spiro atoms. The highest BCUT2D eigenvalue weighted by Crippen LogP contribution is 2.18. The number of rotatable bonds is 63. The van der Waals surface area contributed by atoms with Crippen LogP contribution in [0.4, 0.5) is 0 Å². The van der Waals surface area contributed by atoms with Gasteiger partial charge in [-0.3, -0.25) is 4.79 Å². The molecule has 0 aliphatic heterocycles. The standard InChI is InChI=1S/C70H133NO5/c1-3-5-7-9-11-13-15-17-19-21-23-25-27-29-31-32-33-34-35-36-37-38-40-42-44-46-48-50-52-54-56-58-60-62-64-68(74)70(76)71-66(65-72)69(75)67(73)63-61-59-57-55-53-51-49-47-45-43-41-39-30-28-26-24-22-20-18-16-14-12-10-8-6-4-2/h27,29,32-33,47,49,55,57,66-69,72-75H,3-26,28,30-31,34-46,48,50-54,56,58-65H2,1-2H3,(H,71,76)/b29-27-,33-32-,49-47+,57-55+. The number of carbonyl (C=O) groups is 1. The molecule has 0 aromatic heterocycles. The van der Waals surface area contributed by atoms with Gasteiger partial charge in [-0.25, -0.2) is 0 Å². The molecule has 0 bridgehead atoms. The molecule has 0 heterocycles. The molecule has 76 heavy (non-hydrogen) atoms. The van der Waals surface area contributed by atoms with Gasteiger partial charge in [0.15, 0.2) is 0 Å². The fourth-order valence-electron chi connectivity index (χ4n) is 10.7. The quantitative estimate of drug-likeness (QED) is 0.0308. The Kier molecular flexibility index (Phi) is 62.6. The molecule has 448 valence electrons. The molecule has 0 radical (unpaired) electrons. The van der Waals surface area contributed by atoms with E-state index in [1.54, 1.807) is 0 Å². The first kappa shape index (κ1) is 74.3. The SMILES string of the molecule is CCCCCCCCCCCCC/C=C\C/C=C\CCCCCCCCCCCCCCCCCCC(O)C(=O)NC(CO)C(O)C(O)CCC/C=C/CC/C=C/CCCCCCCCCCCCCCCCCCC. The first-order valence-electron chi connectivity index (χ1n) is 34.0. The van der Waals surface area contributed by atoms with Crippen molar-refractivity contribution >= 4 is 5.91 Å². The average Bonchev–Trinajstić information content (AvgIpc) is 3.42. The molecule has 0 fully saturated rings. The third-order valence-corrected chi connectivity index (χ3v) is 16.0. The maximum absolute atomic E-state index is 12.6. The minimum Gasteiger partial charge on any atom is -0.394 e. The van der Waals surface area contributed by atoms with E-state index < -0.39 is 36.9 Å². The van der Waals surface area contributed by atoms with E-state index in [1.807, 2.05) is 0 Å². The average molecular weight is 1070 g/mol. The summed E-state index contributed by atoms with van der Waals surface area (Å²) in [5.74, 6) is -0.593. The van der Waals surface area contributed by atoms with E-state index in [1.165, 1.54) is 283 Å². The number of amides is 1. The van der Waals surface area contributed by atoms with Crippen LogP contribution in [0.15, 0.2) is 48.6 Å². The summed E-state index contributed by atoms with van der Waals surface area (Å²) in [5.41, 5.74) is 0. The number of hydrogen-bond acceptors (Lipinski definition) is 5. The molecule has 0 aromatic carbocycles. The van der Waals surface area contributed by atoms with E-state index in [9.17, 15) is 25.2 Å². The summed E-state index contributed by atoms with van der Waals surface area (Å²) in [4.78, 5) is 12.6. The summed E-state index contributed by atoms with van der Waals surface area (Å²) in [6.07, 6.45) is 83.7. The van der Waals surface area contributed by atoms with Gasteiger partial charge in [-0.1, -0.05) is 326 Å². The van der Waals surface area contributed by atoms with Crippen molar-refractivity contribution in [3.05, 3.63) is 48.6 Å². The molecule has 1 amide bonds. The third-order valence-electron chi connectivity index (χ3n) is 16.0. The first-order valence-corrected chi connectivity index (χ1v) is 34.0. The van der Waals surface area contributed by atoms with Gasteiger partial charge in [0.05, 0.1) is 18.8 Å². The van der Waals surface area contributed by atoms with Gasteiger partial charge in [-0.15, -0.1) is 0 Å². The number of aliphatic hydroxyl groups is 4. The van der Waals surface area contributed by atoms with Gasteiger partial charge in [-0.2, -0.15) is 0 Å². The summed E-state index contributed by atoms with van der Waals surface area (Å²) in [6, 6.07) is -1.01. The number of nitrogens with one attached hydrogen (secondary N) is 1. The van der Waals surface area contributed by atoms with Crippen molar-refractivity contribution in [3.8, 4) is 0 Å². The van der Waals surface area contributed by atoms with E-state index in [0.29, 0.717) is 19.3 Å². The number of allylic oxidation sites excluding steroid dienone is 8. The molecule has 5 N–H and O–H groups in total. The van der Waals surface area contributed by atoms with Crippen LogP contribution in [-0.2, 0) is 4.79 Å². The minimum absolute atomic E-state index is 0.360. The zero-order valence-corrected chi connectivity index (χ0v) is 51.0. The van der Waals surface area contributed by atoms with Crippen molar-refractivity contribution in [2.75, 3.05) is 6.61 Å². The van der Waals surface area contributed by atoms with Crippen LogP contribution in [0.3, 0.4) is 0 Å². The van der Waals surface area contributed by atoms with Crippen molar-refractivity contribution in [1.29, 1.82) is 0 Å². The largest absolute Gasteiger partial charge is 0.394 e. The Bertz CT molecular complexity index is 1250. The van der Waals surface area contributed by atoms with Gasteiger partial charge in [0.25, 0.3) is 0 Å². The van der Waals surface area contributed by atoms with Crippen LogP contribution < -0.4 is 5.32 Å². The molecule has 0 aliphatic rings. The maximum atomic E-state index is 12.6. The van der Waals surface area contributed by atoms with Gasteiger partial charge in [0.2, 0.25) is 5.91 Å². The van der Waals surface area contributed by atoms with Crippen LogP contribution in [0.25, 0.3) is 0 Å². The lowest BCUT2D eigenvalue weighted by Crippen LogP contribution is -2.53. The second-order valence-electron chi connectivity index (χ2n) is 23.5. The predicted octanol–water partition coefficient (Wildman–Crippen LogP) is 20.9. The Morgan fingerprint density at radius 1 is 0.329 bits per heavy atom. The second-order valence-corrected chi connectivity index (χ2v) is 23.5. The number of unbranched alkanes of at least 4 members (excludes halogenated alkanes) is 46. The van der Waals surface area contributed by atoms with Crippen LogP contribution in [-0.4, -0.2) is 57.3 Å². The van der Waals surface area contributed by atoms with Crippen molar-refractivity contribution < 1.29 is 25.2 Å². The highest BCUT2D eigenvalue weighted by atomic mass is 16.3. The Morgan fingerprint density at radius 3 is 0.908 bits per heavy atom. The number of aliphatic hydroxyl groups excluding tert-OH is 4. The van der Waals surface area contributed by atoms with Gasteiger partial charge >= 0.3 is 0 Å². The second kappa shape index (κ2) is 64.1. The number of carbonyl (C=O) groups excluding carboxylic acids is 1. The Labute approximate surface area is 474 Å². The fourth-order valence-corrected chi connectivity index (χ4v) is 10.7. The van der Waals surface area contributed by atoms with Gasteiger partial charge in [0.1, 0.15) is 12.2 Å². The van der Waals surface area contributed by atoms with E-state index in [2.05, 4.69) is 67.8 Å². The highest BCUT2D eigenvalue weighted by Gasteiger charge is 2.28. The molecule has 0 aliphatic carbocycles. The summed E-state index contributed by atoms with van der Waals surface area (Å²) < 4.78 is 0. The Hall–Kier alpha value is -1.73. The van der Waals surface area contributed by atoms with Gasteiger partial charge in [-0.05, 0) is 83.5 Å². The zero-order valence-electron chi connectivity index (χ0n) is 51.0. The summed E-state index contributed by atoms with van der Waals surface area (Å²) in [7, 11) is 0. The van der Waals surface area contributed by atoms with Crippen LogP contribution in [0, 0.1) is 0 Å². The van der Waals surface area contributed by atoms with Crippen molar-refractivity contribution in [2.45, 2.75) is 385 Å². The smallest absolute Gasteiger partial charge is 0.249 e. The number of hydrogen-bond donors (Lipinski definition) is 5. The van der Waals surface area contributed by atoms with Gasteiger partial charge in [0, 0.05) is 0 Å². The van der Waals surface area contributed by atoms with Gasteiger partial charge < -0.3 is 25.7 Å². The van der Waals surface area contributed by atoms with Crippen LogP contribution in [0.2, 0.25) is 0 Å². The molecule has 4 unspecified atom stereocenters. The zero-order chi connectivity index (χ0) is 55.1. The van der Waals surface area contributed by atoms with E-state index in [-0.39, 0.29) is 0 Å². The van der Waals surface area contributed by atoms with Crippen molar-refractivity contribution in [3.63, 3.8) is 0 Å². The van der Waals surface area contributed by atoms with Crippen LogP contribution >= 0.6 is 0 Å². The molecule has 6 nitrogen and oxygen atoms in total. The maximum Gasteiger partial charge on any atom is 0.249 e. The van der Waals surface area contributed by atoms with Crippen LogP contribution in [0.5, 0.6) is 0 Å². The molecule has 0 rings (SSSR count). The minimum atomic E-state index is -1.29. The van der Waals surface area contributed by atoms with E-state index in [4.69, 9.17) is 0 Å².